The maximum Gasteiger partial charge on any atom is 0.268 e. The lowest BCUT2D eigenvalue weighted by Gasteiger charge is -2.07. The minimum atomic E-state index is -0.135. The number of carbonyl (C=O) groups excluding carboxylic acids is 1. The third-order valence-corrected chi connectivity index (χ3v) is 5.21. The average Bonchev–Trinajstić information content (AvgIpc) is 3.22. The van der Waals surface area contributed by atoms with Gasteiger partial charge in [0.15, 0.2) is 0 Å². The molecule has 2 heterocycles. The second-order valence-electron chi connectivity index (χ2n) is 5.88. The summed E-state index contributed by atoms with van der Waals surface area (Å²) in [7, 11) is 0. The van der Waals surface area contributed by atoms with Gasteiger partial charge in [-0.1, -0.05) is 38.1 Å². The summed E-state index contributed by atoms with van der Waals surface area (Å²) in [5.41, 5.74) is 3.08. The van der Waals surface area contributed by atoms with E-state index in [1.165, 1.54) is 16.9 Å². The van der Waals surface area contributed by atoms with Crippen LogP contribution < -0.4 is 5.32 Å². The van der Waals surface area contributed by atoms with Crippen molar-refractivity contribution in [2.45, 2.75) is 40.2 Å². The zero-order valence-corrected chi connectivity index (χ0v) is 15.6. The Morgan fingerprint density at radius 3 is 2.64 bits per heavy atom. The van der Waals surface area contributed by atoms with Crippen LogP contribution in [0, 0.1) is 6.92 Å². The van der Waals surface area contributed by atoms with Gasteiger partial charge in [0.1, 0.15) is 15.7 Å². The minimum absolute atomic E-state index is 0.135. The van der Waals surface area contributed by atoms with Crippen molar-refractivity contribution < 1.29 is 4.79 Å². The predicted octanol–water partition coefficient (Wildman–Crippen LogP) is 4.54. The van der Waals surface area contributed by atoms with Crippen LogP contribution in [0.3, 0.4) is 0 Å². The Kier molecular flexibility index (Phi) is 5.28. The monoisotopic (exact) mass is 354 g/mol. The molecule has 1 aromatic carbocycles. The number of nitrogens with zero attached hydrogens (tertiary/aromatic N) is 3. The molecule has 0 aliphatic carbocycles. The van der Waals surface area contributed by atoms with Gasteiger partial charge >= 0.3 is 0 Å². The Labute approximate surface area is 151 Å². The highest BCUT2D eigenvalue weighted by molar-refractivity contribution is 7.17. The standard InChI is InChI=1S/C19H22N4OS/c1-4-12-23-16(10-11-20-23)22-18(24)17-13(3)21-19(25-17)15-8-6-14(5-2)7-9-15/h6-11H,4-5,12H2,1-3H3,(H,22,24). The molecule has 0 spiro atoms. The first-order valence-electron chi connectivity index (χ1n) is 8.52. The van der Waals surface area contributed by atoms with E-state index < -0.39 is 0 Å². The molecular weight excluding hydrogens is 332 g/mol. The molecule has 1 N–H and O–H groups in total. The molecule has 0 aliphatic rings. The van der Waals surface area contributed by atoms with Crippen molar-refractivity contribution in [1.82, 2.24) is 14.8 Å². The molecule has 1 amide bonds. The maximum atomic E-state index is 12.7. The van der Waals surface area contributed by atoms with E-state index in [-0.39, 0.29) is 5.91 Å². The highest BCUT2D eigenvalue weighted by Gasteiger charge is 2.17. The summed E-state index contributed by atoms with van der Waals surface area (Å²) in [6.07, 6.45) is 3.67. The van der Waals surface area contributed by atoms with Gasteiger partial charge < -0.3 is 5.32 Å². The summed E-state index contributed by atoms with van der Waals surface area (Å²) >= 11 is 1.42. The number of aromatic nitrogens is 3. The number of nitrogens with one attached hydrogen (secondary N) is 1. The number of carbonyl (C=O) groups is 1. The third-order valence-electron chi connectivity index (χ3n) is 4.01. The zero-order chi connectivity index (χ0) is 17.8. The van der Waals surface area contributed by atoms with Crippen LogP contribution >= 0.6 is 11.3 Å². The van der Waals surface area contributed by atoms with Gasteiger partial charge in [-0.3, -0.25) is 4.79 Å². The van der Waals surface area contributed by atoms with E-state index in [1.54, 1.807) is 10.9 Å². The number of aryl methyl sites for hydroxylation is 3. The summed E-state index contributed by atoms with van der Waals surface area (Å²) in [5, 5.41) is 8.05. The minimum Gasteiger partial charge on any atom is -0.306 e. The van der Waals surface area contributed by atoms with Crippen LogP contribution in [-0.4, -0.2) is 20.7 Å². The van der Waals surface area contributed by atoms with Gasteiger partial charge in [-0.2, -0.15) is 5.10 Å². The summed E-state index contributed by atoms with van der Waals surface area (Å²) < 4.78 is 1.80. The van der Waals surface area contributed by atoms with Crippen LogP contribution in [0.5, 0.6) is 0 Å². The van der Waals surface area contributed by atoms with E-state index in [0.29, 0.717) is 10.7 Å². The van der Waals surface area contributed by atoms with Gasteiger partial charge in [0.25, 0.3) is 5.91 Å². The fraction of sp³-hybridized carbons (Fsp3) is 0.316. The molecule has 0 radical (unpaired) electrons. The third kappa shape index (κ3) is 3.79. The quantitative estimate of drug-likeness (QED) is 0.707. The van der Waals surface area contributed by atoms with Crippen molar-refractivity contribution >= 4 is 23.1 Å². The molecule has 0 unspecified atom stereocenters. The Bertz CT molecular complexity index is 864. The lowest BCUT2D eigenvalue weighted by atomic mass is 10.1. The van der Waals surface area contributed by atoms with E-state index in [2.05, 4.69) is 53.5 Å². The molecule has 3 aromatic rings. The van der Waals surface area contributed by atoms with Gasteiger partial charge in [0.05, 0.1) is 11.9 Å². The van der Waals surface area contributed by atoms with E-state index in [1.807, 2.05) is 13.0 Å². The molecule has 130 valence electrons. The van der Waals surface area contributed by atoms with Crippen molar-refractivity contribution in [3.05, 3.63) is 52.7 Å². The van der Waals surface area contributed by atoms with Crippen LogP contribution in [0.2, 0.25) is 0 Å². The largest absolute Gasteiger partial charge is 0.306 e. The zero-order valence-electron chi connectivity index (χ0n) is 14.7. The summed E-state index contributed by atoms with van der Waals surface area (Å²) in [6, 6.07) is 10.2. The van der Waals surface area contributed by atoms with E-state index >= 15 is 0 Å². The Hall–Kier alpha value is -2.47. The molecule has 25 heavy (non-hydrogen) atoms. The Morgan fingerprint density at radius 1 is 1.20 bits per heavy atom. The lowest BCUT2D eigenvalue weighted by Crippen LogP contribution is -2.15. The molecular formula is C19H22N4OS. The summed E-state index contributed by atoms with van der Waals surface area (Å²) in [5.74, 6) is 0.581. The number of hydrogen-bond donors (Lipinski definition) is 1. The van der Waals surface area contributed by atoms with Gasteiger partial charge in [0.2, 0.25) is 0 Å². The molecule has 0 saturated heterocycles. The molecule has 5 nitrogen and oxygen atoms in total. The van der Waals surface area contributed by atoms with Gasteiger partial charge in [-0.25, -0.2) is 9.67 Å². The topological polar surface area (TPSA) is 59.8 Å². The second-order valence-corrected chi connectivity index (χ2v) is 6.88. The van der Waals surface area contributed by atoms with Crippen LogP contribution in [0.15, 0.2) is 36.5 Å². The van der Waals surface area contributed by atoms with Crippen LogP contribution in [0.25, 0.3) is 10.6 Å². The highest BCUT2D eigenvalue weighted by Crippen LogP contribution is 2.28. The number of anilines is 1. The van der Waals surface area contributed by atoms with Crippen molar-refractivity contribution in [3.63, 3.8) is 0 Å². The highest BCUT2D eigenvalue weighted by atomic mass is 32.1. The van der Waals surface area contributed by atoms with Crippen molar-refractivity contribution in [3.8, 4) is 10.6 Å². The SMILES string of the molecule is CCCn1nccc1NC(=O)c1sc(-c2ccc(CC)cc2)nc1C. The van der Waals surface area contributed by atoms with Gasteiger partial charge in [-0.15, -0.1) is 11.3 Å². The number of thiazole rings is 1. The second kappa shape index (κ2) is 7.61. The van der Waals surface area contributed by atoms with E-state index in [4.69, 9.17) is 0 Å². The number of benzene rings is 1. The Balaban J connectivity index is 1.81. The first kappa shape index (κ1) is 17.4. The molecule has 6 heteroatoms. The molecule has 0 atom stereocenters. The Morgan fingerprint density at radius 2 is 1.96 bits per heavy atom. The maximum absolute atomic E-state index is 12.7. The molecule has 3 rings (SSSR count). The van der Waals surface area contributed by atoms with Crippen LogP contribution in [-0.2, 0) is 13.0 Å². The lowest BCUT2D eigenvalue weighted by molar-refractivity contribution is 0.102. The fourth-order valence-electron chi connectivity index (χ4n) is 2.62. The van der Waals surface area contributed by atoms with E-state index in [9.17, 15) is 4.79 Å². The van der Waals surface area contributed by atoms with Crippen molar-refractivity contribution in [1.29, 1.82) is 0 Å². The van der Waals surface area contributed by atoms with Gasteiger partial charge in [0, 0.05) is 18.2 Å². The number of rotatable bonds is 6. The van der Waals surface area contributed by atoms with Crippen molar-refractivity contribution in [2.24, 2.45) is 0 Å². The average molecular weight is 354 g/mol. The van der Waals surface area contributed by atoms with E-state index in [0.717, 1.165) is 35.7 Å². The number of amides is 1. The fourth-order valence-corrected chi connectivity index (χ4v) is 3.58. The predicted molar refractivity (Wildman–Crippen MR) is 102 cm³/mol. The molecule has 0 bridgehead atoms. The van der Waals surface area contributed by atoms with Crippen LogP contribution in [0.1, 0.15) is 41.2 Å². The first-order valence-corrected chi connectivity index (χ1v) is 9.34. The van der Waals surface area contributed by atoms with Crippen molar-refractivity contribution in [2.75, 3.05) is 5.32 Å². The summed E-state index contributed by atoms with van der Waals surface area (Å²) in [4.78, 5) is 17.9. The first-order chi connectivity index (χ1) is 12.1. The molecule has 0 aliphatic heterocycles. The smallest absolute Gasteiger partial charge is 0.268 e. The number of hydrogen-bond acceptors (Lipinski definition) is 4. The molecule has 2 aromatic heterocycles. The summed E-state index contributed by atoms with van der Waals surface area (Å²) in [6.45, 7) is 6.86. The normalized spacial score (nSPS) is 10.8. The van der Waals surface area contributed by atoms with Gasteiger partial charge in [-0.05, 0) is 25.3 Å². The van der Waals surface area contributed by atoms with Crippen LogP contribution in [0.4, 0.5) is 5.82 Å². The molecule has 0 saturated carbocycles. The molecule has 0 fully saturated rings.